The third-order valence-electron chi connectivity index (χ3n) is 4.80. The summed E-state index contributed by atoms with van der Waals surface area (Å²) in [4.78, 5) is 25.5. The minimum Gasteiger partial charge on any atom is -0.377 e. The number of anilines is 1. The fourth-order valence-corrected chi connectivity index (χ4v) is 3.24. The number of nitrogens with one attached hydrogen (secondary N) is 1. The smallest absolute Gasteiger partial charge is 0.293 e. The standard InChI is InChI=1S/C19H19N3O3/c23-19(21-10-9-13-3-1-2-4-15(13)12-21)14-5-8-17(20-16-6-7-16)18(11-14)22(24)25/h1-5,8,11,16,20H,6-7,9-10,12H2. The normalized spacial score (nSPS) is 16.2. The van der Waals surface area contributed by atoms with E-state index in [1.807, 2.05) is 18.2 Å². The molecule has 6 nitrogen and oxygen atoms in total. The molecule has 25 heavy (non-hydrogen) atoms. The molecule has 0 unspecified atom stereocenters. The number of nitro benzene ring substituents is 1. The van der Waals surface area contributed by atoms with Crippen LogP contribution in [0.15, 0.2) is 42.5 Å². The van der Waals surface area contributed by atoms with Gasteiger partial charge in [-0.25, -0.2) is 0 Å². The zero-order chi connectivity index (χ0) is 17.4. The lowest BCUT2D eigenvalue weighted by atomic mass is 9.99. The van der Waals surface area contributed by atoms with E-state index in [0.717, 1.165) is 24.8 Å². The summed E-state index contributed by atoms with van der Waals surface area (Å²) < 4.78 is 0. The van der Waals surface area contributed by atoms with E-state index in [1.54, 1.807) is 17.0 Å². The maximum atomic E-state index is 12.8. The minimum atomic E-state index is -0.424. The number of carbonyl (C=O) groups excluding carboxylic acids is 1. The largest absolute Gasteiger partial charge is 0.377 e. The fourth-order valence-electron chi connectivity index (χ4n) is 3.24. The van der Waals surface area contributed by atoms with Crippen molar-refractivity contribution in [3.05, 3.63) is 69.3 Å². The van der Waals surface area contributed by atoms with Crippen LogP contribution in [0, 0.1) is 10.1 Å². The van der Waals surface area contributed by atoms with Crippen molar-refractivity contribution in [2.75, 3.05) is 11.9 Å². The Morgan fingerprint density at radius 3 is 2.64 bits per heavy atom. The number of benzene rings is 2. The molecule has 6 heteroatoms. The van der Waals surface area contributed by atoms with Crippen molar-refractivity contribution in [1.29, 1.82) is 0 Å². The third-order valence-corrected chi connectivity index (χ3v) is 4.80. The molecule has 4 rings (SSSR count). The molecular formula is C19H19N3O3. The van der Waals surface area contributed by atoms with Gasteiger partial charge in [0.05, 0.1) is 4.92 Å². The van der Waals surface area contributed by atoms with Crippen molar-refractivity contribution in [2.24, 2.45) is 0 Å². The van der Waals surface area contributed by atoms with E-state index >= 15 is 0 Å². The van der Waals surface area contributed by atoms with Crippen molar-refractivity contribution in [3.8, 4) is 0 Å². The molecule has 1 N–H and O–H groups in total. The molecule has 2 aliphatic rings. The molecule has 1 saturated carbocycles. The summed E-state index contributed by atoms with van der Waals surface area (Å²) in [5, 5.41) is 14.5. The number of amides is 1. The van der Waals surface area contributed by atoms with E-state index in [0.29, 0.717) is 30.4 Å². The van der Waals surface area contributed by atoms with Crippen molar-refractivity contribution in [1.82, 2.24) is 4.90 Å². The first-order chi connectivity index (χ1) is 12.1. The molecule has 1 heterocycles. The average Bonchev–Trinajstić information content (AvgIpc) is 3.45. The summed E-state index contributed by atoms with van der Waals surface area (Å²) in [5.41, 5.74) is 3.24. The van der Waals surface area contributed by atoms with E-state index in [2.05, 4.69) is 11.4 Å². The zero-order valence-corrected chi connectivity index (χ0v) is 13.8. The predicted octanol–water partition coefficient (Wildman–Crippen LogP) is 3.37. The second-order valence-corrected chi connectivity index (χ2v) is 6.65. The molecule has 1 aliphatic carbocycles. The first kappa shape index (κ1) is 15.6. The topological polar surface area (TPSA) is 75.5 Å². The van der Waals surface area contributed by atoms with Crippen LogP contribution in [-0.4, -0.2) is 28.3 Å². The minimum absolute atomic E-state index is 0.0323. The quantitative estimate of drug-likeness (QED) is 0.685. The summed E-state index contributed by atoms with van der Waals surface area (Å²) >= 11 is 0. The highest BCUT2D eigenvalue weighted by molar-refractivity contribution is 5.96. The Morgan fingerprint density at radius 2 is 1.92 bits per heavy atom. The Kier molecular flexibility index (Phi) is 3.87. The van der Waals surface area contributed by atoms with Crippen LogP contribution in [0.5, 0.6) is 0 Å². The van der Waals surface area contributed by atoms with Crippen molar-refractivity contribution in [2.45, 2.75) is 31.8 Å². The molecule has 0 bridgehead atoms. The van der Waals surface area contributed by atoms with Crippen LogP contribution in [0.3, 0.4) is 0 Å². The SMILES string of the molecule is O=C(c1ccc(NC2CC2)c([N+](=O)[O-])c1)N1CCc2ccccc2C1. The molecule has 0 aromatic heterocycles. The second-order valence-electron chi connectivity index (χ2n) is 6.65. The van der Waals surface area contributed by atoms with Gasteiger partial charge >= 0.3 is 0 Å². The van der Waals surface area contributed by atoms with Crippen LogP contribution in [0.2, 0.25) is 0 Å². The Morgan fingerprint density at radius 1 is 1.16 bits per heavy atom. The predicted molar refractivity (Wildman–Crippen MR) is 94.6 cm³/mol. The number of hydrogen-bond acceptors (Lipinski definition) is 4. The number of nitro groups is 1. The van der Waals surface area contributed by atoms with Crippen LogP contribution in [0.4, 0.5) is 11.4 Å². The van der Waals surface area contributed by atoms with E-state index in [4.69, 9.17) is 0 Å². The lowest BCUT2D eigenvalue weighted by Crippen LogP contribution is -2.35. The van der Waals surface area contributed by atoms with E-state index in [9.17, 15) is 14.9 Å². The Balaban J connectivity index is 1.58. The molecule has 0 spiro atoms. The van der Waals surface area contributed by atoms with E-state index in [-0.39, 0.29) is 11.6 Å². The van der Waals surface area contributed by atoms with Gasteiger partial charge in [-0.2, -0.15) is 0 Å². The van der Waals surface area contributed by atoms with Crippen LogP contribution < -0.4 is 5.32 Å². The third kappa shape index (κ3) is 3.20. The molecule has 0 saturated heterocycles. The molecule has 1 amide bonds. The molecule has 128 valence electrons. The van der Waals surface area contributed by atoms with Gasteiger partial charge < -0.3 is 10.2 Å². The van der Waals surface area contributed by atoms with Gasteiger partial charge in [0, 0.05) is 30.8 Å². The summed E-state index contributed by atoms with van der Waals surface area (Å²) in [6.07, 6.45) is 2.88. The second kappa shape index (κ2) is 6.20. The monoisotopic (exact) mass is 337 g/mol. The number of rotatable bonds is 4. The molecular weight excluding hydrogens is 318 g/mol. The average molecular weight is 337 g/mol. The molecule has 0 radical (unpaired) electrons. The van der Waals surface area contributed by atoms with Crippen molar-refractivity contribution in [3.63, 3.8) is 0 Å². The number of fused-ring (bicyclic) bond motifs is 1. The van der Waals surface area contributed by atoms with Gasteiger partial charge in [-0.15, -0.1) is 0 Å². The Labute approximate surface area is 145 Å². The lowest BCUT2D eigenvalue weighted by molar-refractivity contribution is -0.384. The highest BCUT2D eigenvalue weighted by Gasteiger charge is 2.27. The summed E-state index contributed by atoms with van der Waals surface area (Å²) in [6.45, 7) is 1.18. The van der Waals surface area contributed by atoms with Crippen LogP contribution in [0.1, 0.15) is 34.3 Å². The molecule has 1 fully saturated rings. The van der Waals surface area contributed by atoms with Gasteiger partial charge in [-0.05, 0) is 42.5 Å². The lowest BCUT2D eigenvalue weighted by Gasteiger charge is -2.29. The maximum absolute atomic E-state index is 12.8. The highest BCUT2D eigenvalue weighted by atomic mass is 16.6. The van der Waals surface area contributed by atoms with Gasteiger partial charge in [-0.1, -0.05) is 24.3 Å². The fraction of sp³-hybridized carbons (Fsp3) is 0.316. The van der Waals surface area contributed by atoms with Gasteiger partial charge in [0.2, 0.25) is 0 Å². The maximum Gasteiger partial charge on any atom is 0.293 e. The number of nitrogens with zero attached hydrogens (tertiary/aromatic N) is 2. The summed E-state index contributed by atoms with van der Waals surface area (Å²) in [6, 6.07) is 13.1. The van der Waals surface area contributed by atoms with Gasteiger partial charge in [0.15, 0.2) is 0 Å². The van der Waals surface area contributed by atoms with Crippen molar-refractivity contribution < 1.29 is 9.72 Å². The molecule has 2 aromatic carbocycles. The number of carbonyl (C=O) groups is 1. The first-order valence-electron chi connectivity index (χ1n) is 8.53. The first-order valence-corrected chi connectivity index (χ1v) is 8.53. The zero-order valence-electron chi connectivity index (χ0n) is 13.8. The molecule has 0 atom stereocenters. The Bertz CT molecular complexity index is 846. The van der Waals surface area contributed by atoms with E-state index < -0.39 is 4.92 Å². The van der Waals surface area contributed by atoms with Crippen molar-refractivity contribution >= 4 is 17.3 Å². The molecule has 2 aromatic rings. The van der Waals surface area contributed by atoms with Gasteiger partial charge in [0.1, 0.15) is 5.69 Å². The van der Waals surface area contributed by atoms with E-state index in [1.165, 1.54) is 11.6 Å². The summed E-state index contributed by atoms with van der Waals surface area (Å²) in [5.74, 6) is -0.157. The van der Waals surface area contributed by atoms with Crippen LogP contribution >= 0.6 is 0 Å². The highest BCUT2D eigenvalue weighted by Crippen LogP contribution is 2.32. The number of hydrogen-bond donors (Lipinski definition) is 1. The van der Waals surface area contributed by atoms with Gasteiger partial charge in [0.25, 0.3) is 11.6 Å². The Hall–Kier alpha value is -2.89. The van der Waals surface area contributed by atoms with Crippen LogP contribution in [-0.2, 0) is 13.0 Å². The summed E-state index contributed by atoms with van der Waals surface area (Å²) in [7, 11) is 0. The molecule has 1 aliphatic heterocycles. The van der Waals surface area contributed by atoms with Gasteiger partial charge in [-0.3, -0.25) is 14.9 Å². The van der Waals surface area contributed by atoms with Crippen LogP contribution in [0.25, 0.3) is 0 Å².